The van der Waals surface area contributed by atoms with Gasteiger partial charge in [0.05, 0.1) is 5.25 Å². The molecule has 0 aliphatic carbocycles. The highest BCUT2D eigenvalue weighted by Gasteiger charge is 2.33. The maximum atomic E-state index is 12.7. The molecule has 1 aliphatic rings. The smallest absolute Gasteiger partial charge is 0.240 e. The number of amides is 1. The maximum Gasteiger partial charge on any atom is 0.240 e. The van der Waals surface area contributed by atoms with Crippen molar-refractivity contribution in [3.8, 4) is 0 Å². The Kier molecular flexibility index (Phi) is 3.76. The first-order valence-electron chi connectivity index (χ1n) is 6.50. The van der Waals surface area contributed by atoms with Crippen molar-refractivity contribution in [2.24, 2.45) is 0 Å². The van der Waals surface area contributed by atoms with Gasteiger partial charge in [-0.05, 0) is 31.9 Å². The molecule has 3 rings (SSSR count). The number of nitrogens with zero attached hydrogens (tertiary/aromatic N) is 3. The van der Waals surface area contributed by atoms with Gasteiger partial charge in [0, 0.05) is 11.7 Å². The van der Waals surface area contributed by atoms with Gasteiger partial charge in [0.15, 0.2) is 4.34 Å². The zero-order valence-electron chi connectivity index (χ0n) is 11.3. The predicted octanol–water partition coefficient (Wildman–Crippen LogP) is 3.00. The van der Waals surface area contributed by atoms with Gasteiger partial charge in [-0.15, -0.1) is 10.2 Å². The van der Waals surface area contributed by atoms with E-state index in [-0.39, 0.29) is 17.2 Å². The lowest BCUT2D eigenvalue weighted by molar-refractivity contribution is -0.118. The number of carbonyl (C=O) groups is 1. The molecule has 0 saturated carbocycles. The molecular formula is C14H15N3OS2. The van der Waals surface area contributed by atoms with Gasteiger partial charge in [-0.25, -0.2) is 0 Å². The number of benzene rings is 1. The van der Waals surface area contributed by atoms with Gasteiger partial charge < -0.3 is 4.90 Å². The van der Waals surface area contributed by atoms with Gasteiger partial charge in [0.25, 0.3) is 0 Å². The molecule has 0 bridgehead atoms. The van der Waals surface area contributed by atoms with Crippen molar-refractivity contribution in [1.82, 2.24) is 10.2 Å². The summed E-state index contributed by atoms with van der Waals surface area (Å²) < 4.78 is 0.839. The average Bonchev–Trinajstić information content (AvgIpc) is 3.04. The van der Waals surface area contributed by atoms with Gasteiger partial charge in [0.2, 0.25) is 5.91 Å². The van der Waals surface area contributed by atoms with Crippen molar-refractivity contribution in [3.05, 3.63) is 35.3 Å². The van der Waals surface area contributed by atoms with E-state index in [2.05, 4.69) is 23.2 Å². The molecule has 4 nitrogen and oxygen atoms in total. The summed E-state index contributed by atoms with van der Waals surface area (Å²) in [4.78, 5) is 14.6. The van der Waals surface area contributed by atoms with Crippen molar-refractivity contribution in [3.63, 3.8) is 0 Å². The number of hydrogen-bond donors (Lipinski definition) is 0. The topological polar surface area (TPSA) is 46.1 Å². The van der Waals surface area contributed by atoms with Crippen LogP contribution in [0.4, 0.5) is 5.69 Å². The number of rotatable bonds is 3. The fraction of sp³-hybridized carbons (Fsp3) is 0.357. The van der Waals surface area contributed by atoms with E-state index >= 15 is 0 Å². The van der Waals surface area contributed by atoms with Gasteiger partial charge in [-0.1, -0.05) is 41.3 Å². The molecule has 0 radical (unpaired) electrons. The summed E-state index contributed by atoms with van der Waals surface area (Å²) in [6.07, 6.45) is 0.929. The van der Waals surface area contributed by atoms with Crippen molar-refractivity contribution in [2.75, 3.05) is 4.90 Å². The number of hydrogen-bond acceptors (Lipinski definition) is 5. The number of para-hydroxylation sites is 1. The monoisotopic (exact) mass is 305 g/mol. The molecule has 2 atom stereocenters. The summed E-state index contributed by atoms with van der Waals surface area (Å²) in [5.41, 5.74) is 3.99. The van der Waals surface area contributed by atoms with Crippen LogP contribution >= 0.6 is 23.1 Å². The number of fused-ring (bicyclic) bond motifs is 1. The lowest BCUT2D eigenvalue weighted by atomic mass is 10.1. The van der Waals surface area contributed by atoms with Crippen LogP contribution in [0.15, 0.2) is 34.1 Å². The standard InChI is InChI=1S/C14H15N3OS2/c1-9-7-11-5-3-4-6-12(11)17(9)13(18)10(2)20-14-16-15-8-19-14/h3-6,8-10H,7H2,1-2H3/t9-,10-/m0/s1. The van der Waals surface area contributed by atoms with Crippen LogP contribution in [0.5, 0.6) is 0 Å². The molecule has 0 fully saturated rings. The highest BCUT2D eigenvalue weighted by Crippen LogP contribution is 2.34. The van der Waals surface area contributed by atoms with Crippen LogP contribution in [0.3, 0.4) is 0 Å². The molecule has 1 aromatic heterocycles. The number of carbonyl (C=O) groups excluding carboxylic acids is 1. The van der Waals surface area contributed by atoms with Crippen LogP contribution in [0.2, 0.25) is 0 Å². The van der Waals surface area contributed by atoms with Crippen LogP contribution < -0.4 is 4.90 Å². The van der Waals surface area contributed by atoms with Crippen molar-refractivity contribution in [1.29, 1.82) is 0 Å². The lowest BCUT2D eigenvalue weighted by Gasteiger charge is -2.25. The Morgan fingerprint density at radius 3 is 3.05 bits per heavy atom. The Labute approximate surface area is 126 Å². The van der Waals surface area contributed by atoms with Crippen molar-refractivity contribution < 1.29 is 4.79 Å². The van der Waals surface area contributed by atoms with E-state index in [0.29, 0.717) is 0 Å². The highest BCUT2D eigenvalue weighted by atomic mass is 32.2. The van der Waals surface area contributed by atoms with Gasteiger partial charge >= 0.3 is 0 Å². The van der Waals surface area contributed by atoms with E-state index < -0.39 is 0 Å². The minimum Gasteiger partial charge on any atom is -0.308 e. The maximum absolute atomic E-state index is 12.7. The molecule has 0 N–H and O–H groups in total. The first-order chi connectivity index (χ1) is 9.66. The second-order valence-corrected chi connectivity index (χ2v) is 7.28. The average molecular weight is 305 g/mol. The van der Waals surface area contributed by atoms with Crippen LogP contribution in [0.1, 0.15) is 19.4 Å². The van der Waals surface area contributed by atoms with Gasteiger partial charge in [-0.2, -0.15) is 0 Å². The van der Waals surface area contributed by atoms with Crippen LogP contribution in [-0.4, -0.2) is 27.4 Å². The van der Waals surface area contributed by atoms with E-state index in [1.165, 1.54) is 28.7 Å². The minimum atomic E-state index is -0.156. The molecule has 1 aromatic carbocycles. The van der Waals surface area contributed by atoms with Crippen LogP contribution in [-0.2, 0) is 11.2 Å². The first-order valence-corrected chi connectivity index (χ1v) is 8.26. The normalized spacial score (nSPS) is 18.9. The molecule has 1 amide bonds. The van der Waals surface area contributed by atoms with E-state index in [9.17, 15) is 4.79 Å². The van der Waals surface area contributed by atoms with Gasteiger partial charge in [-0.3, -0.25) is 4.79 Å². The molecule has 0 spiro atoms. The number of aromatic nitrogens is 2. The SMILES string of the molecule is C[C@H](Sc1nncs1)C(=O)N1c2ccccc2C[C@@H]1C. The zero-order chi connectivity index (χ0) is 14.1. The fourth-order valence-corrected chi connectivity index (χ4v) is 4.19. The Morgan fingerprint density at radius 2 is 2.30 bits per heavy atom. The first kappa shape index (κ1) is 13.6. The largest absolute Gasteiger partial charge is 0.308 e. The number of thioether (sulfide) groups is 1. The summed E-state index contributed by atoms with van der Waals surface area (Å²) in [6.45, 7) is 4.03. The zero-order valence-corrected chi connectivity index (χ0v) is 12.9. The second-order valence-electron chi connectivity index (χ2n) is 4.85. The Morgan fingerprint density at radius 1 is 1.50 bits per heavy atom. The molecule has 0 unspecified atom stereocenters. The summed E-state index contributed by atoms with van der Waals surface area (Å²) in [6, 6.07) is 8.36. The summed E-state index contributed by atoms with van der Waals surface area (Å²) >= 11 is 2.94. The summed E-state index contributed by atoms with van der Waals surface area (Å²) in [5, 5.41) is 7.64. The van der Waals surface area contributed by atoms with Crippen molar-refractivity contribution in [2.45, 2.75) is 35.9 Å². The van der Waals surface area contributed by atoms with Crippen LogP contribution in [0, 0.1) is 0 Å². The quantitative estimate of drug-likeness (QED) is 0.818. The molecule has 1 aliphatic heterocycles. The minimum absolute atomic E-state index is 0.141. The molecule has 0 saturated heterocycles. The van der Waals surface area contributed by atoms with Crippen molar-refractivity contribution >= 4 is 34.7 Å². The third-order valence-electron chi connectivity index (χ3n) is 3.41. The molecule has 104 valence electrons. The molecule has 20 heavy (non-hydrogen) atoms. The predicted molar refractivity (Wildman–Crippen MR) is 82.3 cm³/mol. The van der Waals surface area contributed by atoms with Crippen LogP contribution in [0.25, 0.3) is 0 Å². The van der Waals surface area contributed by atoms with E-state index in [1.54, 1.807) is 5.51 Å². The van der Waals surface area contributed by atoms with E-state index in [1.807, 2.05) is 30.0 Å². The second kappa shape index (κ2) is 5.54. The Balaban J connectivity index is 1.80. The summed E-state index contributed by atoms with van der Waals surface area (Å²) in [7, 11) is 0. The Bertz CT molecular complexity index is 615. The van der Waals surface area contributed by atoms with E-state index in [0.717, 1.165) is 16.4 Å². The molecule has 2 heterocycles. The molecule has 6 heteroatoms. The van der Waals surface area contributed by atoms with Gasteiger partial charge in [0.1, 0.15) is 5.51 Å². The molecule has 2 aromatic rings. The fourth-order valence-electron chi connectivity index (χ4n) is 2.51. The third kappa shape index (κ3) is 2.45. The molecular weight excluding hydrogens is 290 g/mol. The Hall–Kier alpha value is -1.40. The van der Waals surface area contributed by atoms with E-state index in [4.69, 9.17) is 0 Å². The highest BCUT2D eigenvalue weighted by molar-refractivity contribution is 8.02. The lowest BCUT2D eigenvalue weighted by Crippen LogP contribution is -2.40. The number of anilines is 1. The summed E-state index contributed by atoms with van der Waals surface area (Å²) in [5.74, 6) is 0.141. The third-order valence-corrected chi connectivity index (χ3v) is 5.31.